The Morgan fingerprint density at radius 2 is 2.00 bits per heavy atom. The molecule has 0 radical (unpaired) electrons. The smallest absolute Gasteiger partial charge is 0.133 e. The van der Waals surface area contributed by atoms with Crippen LogP contribution in [0.15, 0.2) is 36.7 Å². The first-order valence-electron chi connectivity index (χ1n) is 8.14. The van der Waals surface area contributed by atoms with Crippen LogP contribution in [0.3, 0.4) is 0 Å². The number of hydrogen-bond acceptors (Lipinski definition) is 5. The number of nitrogens with one attached hydrogen (secondary N) is 1. The maximum atomic E-state index is 4.34. The van der Waals surface area contributed by atoms with Crippen LogP contribution in [0.25, 0.3) is 0 Å². The molecule has 1 aromatic carbocycles. The highest BCUT2D eigenvalue weighted by molar-refractivity contribution is 5.48. The molecule has 0 amide bonds. The van der Waals surface area contributed by atoms with Gasteiger partial charge in [-0.15, -0.1) is 0 Å². The molecule has 0 spiro atoms. The van der Waals surface area contributed by atoms with Crippen LogP contribution in [0.1, 0.15) is 17.5 Å². The van der Waals surface area contributed by atoms with E-state index in [1.807, 2.05) is 25.1 Å². The predicted octanol–water partition coefficient (Wildman–Crippen LogP) is 2.54. The fraction of sp³-hybridized carbons (Fsp3) is 0.444. The Labute approximate surface area is 138 Å². The molecule has 1 unspecified atom stereocenters. The number of nitrogens with zero attached hydrogens (tertiary/aromatic N) is 4. The fourth-order valence-corrected chi connectivity index (χ4v) is 2.93. The van der Waals surface area contributed by atoms with E-state index in [0.717, 1.165) is 37.7 Å². The Balaban J connectivity index is 1.55. The van der Waals surface area contributed by atoms with E-state index in [1.54, 1.807) is 6.33 Å². The molecule has 0 saturated carbocycles. The van der Waals surface area contributed by atoms with Gasteiger partial charge in [0.05, 0.1) is 0 Å². The lowest BCUT2D eigenvalue weighted by Crippen LogP contribution is -2.26. The van der Waals surface area contributed by atoms with E-state index in [2.05, 4.69) is 51.4 Å². The minimum Gasteiger partial charge on any atom is -0.366 e. The molecule has 1 atom stereocenters. The first-order chi connectivity index (χ1) is 11.1. The third kappa shape index (κ3) is 4.20. The second-order valence-electron chi connectivity index (χ2n) is 6.51. The molecule has 2 aromatic rings. The van der Waals surface area contributed by atoms with Gasteiger partial charge in [-0.3, -0.25) is 4.90 Å². The molecule has 3 rings (SSSR count). The summed E-state index contributed by atoms with van der Waals surface area (Å²) in [5.41, 5.74) is 2.70. The van der Waals surface area contributed by atoms with E-state index in [1.165, 1.54) is 11.1 Å². The van der Waals surface area contributed by atoms with E-state index in [4.69, 9.17) is 0 Å². The van der Waals surface area contributed by atoms with E-state index >= 15 is 0 Å². The molecule has 0 aliphatic carbocycles. The van der Waals surface area contributed by atoms with Gasteiger partial charge >= 0.3 is 0 Å². The van der Waals surface area contributed by atoms with Crippen molar-refractivity contribution in [2.24, 2.45) is 0 Å². The van der Waals surface area contributed by atoms with Crippen molar-refractivity contribution in [3.05, 3.63) is 47.8 Å². The van der Waals surface area contributed by atoms with Gasteiger partial charge in [0.1, 0.15) is 18.0 Å². The van der Waals surface area contributed by atoms with Crippen molar-refractivity contribution >= 4 is 11.6 Å². The summed E-state index contributed by atoms with van der Waals surface area (Å²) in [6.45, 7) is 5.32. The molecule has 1 saturated heterocycles. The predicted molar refractivity (Wildman–Crippen MR) is 94.8 cm³/mol. The summed E-state index contributed by atoms with van der Waals surface area (Å²) in [5, 5.41) is 3.54. The number of likely N-dealkylation sites (tertiary alicyclic amines) is 1. The topological polar surface area (TPSA) is 44.3 Å². The van der Waals surface area contributed by atoms with Crippen molar-refractivity contribution < 1.29 is 0 Å². The summed E-state index contributed by atoms with van der Waals surface area (Å²) in [6.07, 6.45) is 2.77. The minimum atomic E-state index is 0.449. The van der Waals surface area contributed by atoms with Gasteiger partial charge in [0.25, 0.3) is 0 Å². The highest BCUT2D eigenvalue weighted by Crippen LogP contribution is 2.18. The summed E-state index contributed by atoms with van der Waals surface area (Å²) >= 11 is 0. The second-order valence-corrected chi connectivity index (χ2v) is 6.51. The first kappa shape index (κ1) is 15.7. The van der Waals surface area contributed by atoms with Gasteiger partial charge in [-0.1, -0.05) is 29.8 Å². The van der Waals surface area contributed by atoms with Crippen LogP contribution < -0.4 is 10.2 Å². The average Bonchev–Trinajstić information content (AvgIpc) is 2.97. The van der Waals surface area contributed by atoms with E-state index < -0.39 is 0 Å². The zero-order chi connectivity index (χ0) is 16.2. The quantitative estimate of drug-likeness (QED) is 0.919. The van der Waals surface area contributed by atoms with Crippen LogP contribution >= 0.6 is 0 Å². The van der Waals surface area contributed by atoms with Crippen LogP contribution in [0.5, 0.6) is 0 Å². The van der Waals surface area contributed by atoms with Gasteiger partial charge in [-0.05, 0) is 18.9 Å². The van der Waals surface area contributed by atoms with Crippen LogP contribution in [0, 0.1) is 6.92 Å². The first-order valence-corrected chi connectivity index (χ1v) is 8.14. The second kappa shape index (κ2) is 6.96. The molecule has 2 heterocycles. The van der Waals surface area contributed by atoms with Crippen molar-refractivity contribution in [3.63, 3.8) is 0 Å². The van der Waals surface area contributed by atoms with Gasteiger partial charge in [-0.25, -0.2) is 9.97 Å². The molecule has 1 fully saturated rings. The molecule has 5 heteroatoms. The Morgan fingerprint density at radius 1 is 1.22 bits per heavy atom. The molecule has 1 aromatic heterocycles. The molecule has 122 valence electrons. The summed E-state index contributed by atoms with van der Waals surface area (Å²) < 4.78 is 0. The van der Waals surface area contributed by atoms with Gasteiger partial charge in [0, 0.05) is 45.8 Å². The Kier molecular flexibility index (Phi) is 4.76. The lowest BCUT2D eigenvalue weighted by molar-refractivity contribution is 0.328. The normalized spacial score (nSPS) is 18.1. The number of benzene rings is 1. The van der Waals surface area contributed by atoms with Crippen LogP contribution in [0.2, 0.25) is 0 Å². The van der Waals surface area contributed by atoms with Crippen molar-refractivity contribution in [1.29, 1.82) is 0 Å². The lowest BCUT2D eigenvalue weighted by Gasteiger charge is -2.18. The Morgan fingerprint density at radius 3 is 2.74 bits per heavy atom. The SMILES string of the molecule is Cc1ccc(CN2CCC(Nc3cc(N(C)C)ncn3)C2)cc1. The van der Waals surface area contributed by atoms with Gasteiger partial charge < -0.3 is 10.2 Å². The van der Waals surface area contributed by atoms with E-state index in [9.17, 15) is 0 Å². The van der Waals surface area contributed by atoms with Gasteiger partial charge in [0.15, 0.2) is 0 Å². The third-order valence-corrected chi connectivity index (χ3v) is 4.26. The van der Waals surface area contributed by atoms with Crippen LogP contribution in [-0.4, -0.2) is 48.1 Å². The zero-order valence-electron chi connectivity index (χ0n) is 14.2. The number of anilines is 2. The maximum Gasteiger partial charge on any atom is 0.133 e. The lowest BCUT2D eigenvalue weighted by atomic mass is 10.1. The molecular weight excluding hydrogens is 286 g/mol. The summed E-state index contributed by atoms with van der Waals surface area (Å²) in [5.74, 6) is 1.84. The van der Waals surface area contributed by atoms with Crippen molar-refractivity contribution in [2.75, 3.05) is 37.4 Å². The molecule has 5 nitrogen and oxygen atoms in total. The van der Waals surface area contributed by atoms with E-state index in [-0.39, 0.29) is 0 Å². The number of hydrogen-bond donors (Lipinski definition) is 1. The summed E-state index contributed by atoms with van der Waals surface area (Å²) in [4.78, 5) is 13.1. The van der Waals surface area contributed by atoms with E-state index in [0.29, 0.717) is 6.04 Å². The van der Waals surface area contributed by atoms with Crippen molar-refractivity contribution in [1.82, 2.24) is 14.9 Å². The number of aryl methyl sites for hydroxylation is 1. The Bertz CT molecular complexity index is 638. The zero-order valence-corrected chi connectivity index (χ0v) is 14.2. The number of rotatable bonds is 5. The largest absolute Gasteiger partial charge is 0.366 e. The maximum absolute atomic E-state index is 4.34. The standard InChI is InChI=1S/C18H25N5/c1-14-4-6-15(7-5-14)11-23-9-8-16(12-23)21-17-10-18(22(2)3)20-13-19-17/h4-7,10,13,16H,8-9,11-12H2,1-3H3,(H,19,20,21). The highest BCUT2D eigenvalue weighted by atomic mass is 15.2. The molecule has 1 aliphatic heterocycles. The average molecular weight is 311 g/mol. The van der Waals surface area contributed by atoms with Gasteiger partial charge in [0.2, 0.25) is 0 Å². The number of aromatic nitrogens is 2. The highest BCUT2D eigenvalue weighted by Gasteiger charge is 2.22. The molecular formula is C18H25N5. The van der Waals surface area contributed by atoms with Crippen LogP contribution in [0.4, 0.5) is 11.6 Å². The molecule has 23 heavy (non-hydrogen) atoms. The van der Waals surface area contributed by atoms with Crippen LogP contribution in [-0.2, 0) is 6.54 Å². The third-order valence-electron chi connectivity index (χ3n) is 4.26. The molecule has 1 N–H and O–H groups in total. The van der Waals surface area contributed by atoms with Crippen molar-refractivity contribution in [2.45, 2.75) is 25.9 Å². The Hall–Kier alpha value is -2.14. The molecule has 1 aliphatic rings. The summed E-state index contributed by atoms with van der Waals surface area (Å²) in [7, 11) is 3.98. The monoisotopic (exact) mass is 311 g/mol. The van der Waals surface area contributed by atoms with Gasteiger partial charge in [-0.2, -0.15) is 0 Å². The minimum absolute atomic E-state index is 0.449. The fourth-order valence-electron chi connectivity index (χ4n) is 2.93. The summed E-state index contributed by atoms with van der Waals surface area (Å²) in [6, 6.07) is 11.3. The molecule has 0 bridgehead atoms. The van der Waals surface area contributed by atoms with Crippen molar-refractivity contribution in [3.8, 4) is 0 Å².